The van der Waals surface area contributed by atoms with Gasteiger partial charge < -0.3 is 14.6 Å². The fourth-order valence-electron chi connectivity index (χ4n) is 4.44. The Balaban J connectivity index is 1.51. The quantitative estimate of drug-likeness (QED) is 0.558. The van der Waals surface area contributed by atoms with E-state index in [1.807, 2.05) is 11.0 Å². The molecule has 2 heterocycles. The third kappa shape index (κ3) is 4.40. The predicted molar refractivity (Wildman–Crippen MR) is 117 cm³/mol. The fraction of sp³-hybridized carbons (Fsp3) is 0.360. The van der Waals surface area contributed by atoms with Crippen LogP contribution in [0.3, 0.4) is 0 Å². The van der Waals surface area contributed by atoms with Crippen molar-refractivity contribution in [3.8, 4) is 0 Å². The molecule has 3 aromatic rings. The van der Waals surface area contributed by atoms with Crippen molar-refractivity contribution < 1.29 is 14.7 Å². The Kier molecular flexibility index (Phi) is 6.17. The van der Waals surface area contributed by atoms with Crippen LogP contribution in [0.2, 0.25) is 0 Å². The molecule has 5 nitrogen and oxygen atoms in total. The third-order valence-electron chi connectivity index (χ3n) is 5.98. The molecule has 1 aliphatic rings. The van der Waals surface area contributed by atoms with E-state index in [1.165, 1.54) is 27.7 Å². The summed E-state index contributed by atoms with van der Waals surface area (Å²) in [7, 11) is 0. The number of amides is 1. The largest absolute Gasteiger partial charge is 0.481 e. The number of carboxylic acid groups (broad SMARTS) is 1. The number of aromatic nitrogens is 1. The fourth-order valence-corrected chi connectivity index (χ4v) is 4.44. The predicted octanol–water partition coefficient (Wildman–Crippen LogP) is 4.61. The molecule has 0 bridgehead atoms. The number of carboxylic acids is 1. The number of carbonyl (C=O) groups is 2. The Morgan fingerprint density at radius 1 is 0.900 bits per heavy atom. The molecule has 1 N–H and O–H groups in total. The van der Waals surface area contributed by atoms with Crippen molar-refractivity contribution in [3.05, 3.63) is 71.4 Å². The van der Waals surface area contributed by atoms with Crippen LogP contribution < -0.4 is 0 Å². The Morgan fingerprint density at radius 2 is 1.63 bits per heavy atom. The van der Waals surface area contributed by atoms with Crippen molar-refractivity contribution in [2.75, 3.05) is 6.54 Å². The standard InChI is InChI=1S/C25H28N2O3/c28-24(13-5-2-6-14-25(29)30)26-16-15-21-20-11-7-8-12-22(20)27(23(21)18-26)17-19-9-3-1-4-10-19/h1,3-4,7-12H,2,5-6,13-18H2,(H,29,30). The minimum Gasteiger partial charge on any atom is -0.481 e. The van der Waals surface area contributed by atoms with Crippen LogP contribution in [0.1, 0.15) is 48.9 Å². The average Bonchev–Trinajstić information content (AvgIpc) is 3.07. The van der Waals surface area contributed by atoms with Crippen LogP contribution in [-0.2, 0) is 29.1 Å². The van der Waals surface area contributed by atoms with E-state index < -0.39 is 5.97 Å². The highest BCUT2D eigenvalue weighted by Crippen LogP contribution is 2.32. The van der Waals surface area contributed by atoms with E-state index in [2.05, 4.69) is 53.1 Å². The summed E-state index contributed by atoms with van der Waals surface area (Å²) in [5, 5.41) is 10.0. The summed E-state index contributed by atoms with van der Waals surface area (Å²) in [5.41, 5.74) is 5.09. The molecule has 1 amide bonds. The number of unbranched alkanes of at least 4 members (excludes halogenated alkanes) is 2. The highest BCUT2D eigenvalue weighted by Gasteiger charge is 2.26. The molecule has 0 saturated carbocycles. The van der Waals surface area contributed by atoms with Crippen LogP contribution in [0, 0.1) is 0 Å². The topological polar surface area (TPSA) is 62.5 Å². The number of fused-ring (bicyclic) bond motifs is 3. The summed E-state index contributed by atoms with van der Waals surface area (Å²) in [5.74, 6) is -0.594. The number of benzene rings is 2. The van der Waals surface area contributed by atoms with Crippen LogP contribution in [-0.4, -0.2) is 33.0 Å². The van der Waals surface area contributed by atoms with Crippen molar-refractivity contribution in [3.63, 3.8) is 0 Å². The molecule has 4 rings (SSSR count). The zero-order valence-electron chi connectivity index (χ0n) is 17.2. The van der Waals surface area contributed by atoms with Gasteiger partial charge in [0.05, 0.1) is 6.54 Å². The number of para-hydroxylation sites is 1. The number of hydrogen-bond donors (Lipinski definition) is 1. The molecule has 0 aliphatic carbocycles. The van der Waals surface area contributed by atoms with E-state index in [9.17, 15) is 9.59 Å². The SMILES string of the molecule is O=C(O)CCCCCC(=O)N1CCc2c(n(Cc3ccccc3)c3ccccc23)C1. The molecule has 0 unspecified atom stereocenters. The molecular weight excluding hydrogens is 376 g/mol. The highest BCUT2D eigenvalue weighted by molar-refractivity contribution is 5.86. The first-order chi connectivity index (χ1) is 14.6. The lowest BCUT2D eigenvalue weighted by Crippen LogP contribution is -2.36. The Labute approximate surface area is 176 Å². The number of carbonyl (C=O) groups excluding carboxylic acids is 1. The van der Waals surface area contributed by atoms with Crippen LogP contribution in [0.15, 0.2) is 54.6 Å². The van der Waals surface area contributed by atoms with E-state index in [-0.39, 0.29) is 12.3 Å². The summed E-state index contributed by atoms with van der Waals surface area (Å²) in [4.78, 5) is 25.4. The monoisotopic (exact) mass is 404 g/mol. The van der Waals surface area contributed by atoms with Crippen molar-refractivity contribution in [2.45, 2.75) is 51.6 Å². The van der Waals surface area contributed by atoms with Crippen LogP contribution in [0.5, 0.6) is 0 Å². The Hall–Kier alpha value is -3.08. The molecule has 1 aliphatic heterocycles. The van der Waals surface area contributed by atoms with Gasteiger partial charge in [0.15, 0.2) is 0 Å². The third-order valence-corrected chi connectivity index (χ3v) is 5.98. The van der Waals surface area contributed by atoms with Gasteiger partial charge in [-0.3, -0.25) is 9.59 Å². The smallest absolute Gasteiger partial charge is 0.303 e. The van der Waals surface area contributed by atoms with Crippen molar-refractivity contribution >= 4 is 22.8 Å². The van der Waals surface area contributed by atoms with E-state index in [1.54, 1.807) is 0 Å². The van der Waals surface area contributed by atoms with Gasteiger partial charge in [-0.1, -0.05) is 55.0 Å². The Morgan fingerprint density at radius 3 is 2.43 bits per heavy atom. The van der Waals surface area contributed by atoms with Gasteiger partial charge in [0, 0.05) is 42.5 Å². The van der Waals surface area contributed by atoms with Gasteiger partial charge in [-0.05, 0) is 36.5 Å². The van der Waals surface area contributed by atoms with Crippen molar-refractivity contribution in [1.29, 1.82) is 0 Å². The second-order valence-electron chi connectivity index (χ2n) is 8.03. The zero-order valence-corrected chi connectivity index (χ0v) is 17.2. The summed E-state index contributed by atoms with van der Waals surface area (Å²) in [6, 6.07) is 19.0. The minimum absolute atomic E-state index is 0.174. The van der Waals surface area contributed by atoms with Gasteiger partial charge in [-0.15, -0.1) is 0 Å². The molecule has 0 atom stereocenters. The summed E-state index contributed by atoms with van der Waals surface area (Å²) in [6.45, 7) is 2.19. The van der Waals surface area contributed by atoms with Gasteiger partial charge in [0.25, 0.3) is 0 Å². The molecular formula is C25H28N2O3. The molecule has 0 spiro atoms. The maximum absolute atomic E-state index is 12.8. The van der Waals surface area contributed by atoms with Gasteiger partial charge >= 0.3 is 5.97 Å². The second kappa shape index (κ2) is 9.16. The molecule has 0 radical (unpaired) electrons. The number of rotatable bonds is 8. The maximum Gasteiger partial charge on any atom is 0.303 e. The molecule has 5 heteroatoms. The molecule has 1 aromatic heterocycles. The first kappa shape index (κ1) is 20.2. The van der Waals surface area contributed by atoms with E-state index >= 15 is 0 Å². The first-order valence-electron chi connectivity index (χ1n) is 10.8. The molecule has 0 fully saturated rings. The summed E-state index contributed by atoms with van der Waals surface area (Å²) >= 11 is 0. The molecule has 2 aromatic carbocycles. The Bertz CT molecular complexity index is 1040. The van der Waals surface area contributed by atoms with Crippen molar-refractivity contribution in [1.82, 2.24) is 9.47 Å². The number of hydrogen-bond acceptors (Lipinski definition) is 2. The van der Waals surface area contributed by atoms with E-state index in [0.717, 1.165) is 32.4 Å². The summed E-state index contributed by atoms with van der Waals surface area (Å²) in [6.07, 6.45) is 3.73. The minimum atomic E-state index is -0.767. The van der Waals surface area contributed by atoms with Gasteiger partial charge in [-0.2, -0.15) is 0 Å². The van der Waals surface area contributed by atoms with Crippen molar-refractivity contribution in [2.24, 2.45) is 0 Å². The van der Waals surface area contributed by atoms with Crippen LogP contribution in [0.4, 0.5) is 0 Å². The number of aliphatic carboxylic acids is 1. The van der Waals surface area contributed by atoms with E-state index in [4.69, 9.17) is 5.11 Å². The lowest BCUT2D eigenvalue weighted by atomic mass is 10.0. The van der Waals surface area contributed by atoms with E-state index in [0.29, 0.717) is 19.4 Å². The van der Waals surface area contributed by atoms with Crippen LogP contribution in [0.25, 0.3) is 10.9 Å². The van der Waals surface area contributed by atoms with Gasteiger partial charge in [-0.25, -0.2) is 0 Å². The second-order valence-corrected chi connectivity index (χ2v) is 8.03. The molecule has 30 heavy (non-hydrogen) atoms. The molecule has 0 saturated heterocycles. The zero-order chi connectivity index (χ0) is 20.9. The first-order valence-corrected chi connectivity index (χ1v) is 10.8. The normalized spacial score (nSPS) is 13.4. The van der Waals surface area contributed by atoms with Gasteiger partial charge in [0.2, 0.25) is 5.91 Å². The maximum atomic E-state index is 12.8. The lowest BCUT2D eigenvalue weighted by molar-refractivity contribution is -0.137. The summed E-state index contributed by atoms with van der Waals surface area (Å²) < 4.78 is 2.37. The average molecular weight is 405 g/mol. The van der Waals surface area contributed by atoms with Gasteiger partial charge in [0.1, 0.15) is 0 Å². The highest BCUT2D eigenvalue weighted by atomic mass is 16.4. The lowest BCUT2D eigenvalue weighted by Gasteiger charge is -2.29. The number of nitrogens with zero attached hydrogens (tertiary/aromatic N) is 2. The molecule has 156 valence electrons. The van der Waals surface area contributed by atoms with Crippen LogP contribution >= 0.6 is 0 Å².